The number of amidine groups is 1. The average molecular weight is 405 g/mol. The molecule has 1 aliphatic carbocycles. The lowest BCUT2D eigenvalue weighted by molar-refractivity contribution is -0.101. The predicted molar refractivity (Wildman–Crippen MR) is 112 cm³/mol. The lowest BCUT2D eigenvalue weighted by atomic mass is 9.87. The summed E-state index contributed by atoms with van der Waals surface area (Å²) >= 11 is 1.48. The molecule has 7 nitrogen and oxygen atoms in total. The number of rotatable bonds is 4. The van der Waals surface area contributed by atoms with Crippen molar-refractivity contribution in [1.29, 1.82) is 0 Å². The molecule has 2 aromatic rings. The van der Waals surface area contributed by atoms with Gasteiger partial charge in [0, 0.05) is 12.1 Å². The number of hydrogen-bond donors (Lipinski definition) is 4. The Morgan fingerprint density at radius 1 is 1.39 bits per heavy atom. The number of aliphatic hydroxyl groups excluding tert-OH is 1. The van der Waals surface area contributed by atoms with Gasteiger partial charge in [0.2, 0.25) is 0 Å². The molecule has 0 aromatic carbocycles. The van der Waals surface area contributed by atoms with Crippen molar-refractivity contribution in [3.63, 3.8) is 0 Å². The lowest BCUT2D eigenvalue weighted by Crippen LogP contribution is -2.46. The molecule has 28 heavy (non-hydrogen) atoms. The molecule has 0 radical (unpaired) electrons. The molecule has 3 atom stereocenters. The molecule has 2 aromatic heterocycles. The molecule has 0 unspecified atom stereocenters. The molecule has 0 spiro atoms. The number of allylic oxidation sites excluding steroid dienone is 1. The van der Waals surface area contributed by atoms with E-state index in [1.54, 1.807) is 20.0 Å². The van der Waals surface area contributed by atoms with Gasteiger partial charge in [0.1, 0.15) is 22.5 Å². The zero-order chi connectivity index (χ0) is 20.9. The Labute approximate surface area is 168 Å². The van der Waals surface area contributed by atoms with Gasteiger partial charge in [-0.3, -0.25) is 4.98 Å². The van der Waals surface area contributed by atoms with Crippen LogP contribution >= 0.6 is 11.3 Å². The molecular formula is C20H28N4O3S. The molecule has 2 heterocycles. The fraction of sp³-hybridized carbons (Fsp3) is 0.550. The highest BCUT2D eigenvalue weighted by atomic mass is 32.1. The minimum atomic E-state index is -1.73. The first kappa shape index (κ1) is 20.9. The van der Waals surface area contributed by atoms with Crippen molar-refractivity contribution in [2.24, 2.45) is 16.6 Å². The van der Waals surface area contributed by atoms with E-state index in [-0.39, 0.29) is 12.3 Å². The van der Waals surface area contributed by atoms with Crippen molar-refractivity contribution in [2.45, 2.75) is 64.9 Å². The van der Waals surface area contributed by atoms with Crippen molar-refractivity contribution in [3.8, 4) is 0 Å². The predicted octanol–water partition coefficient (Wildman–Crippen LogP) is 2.38. The van der Waals surface area contributed by atoms with Crippen molar-refractivity contribution in [1.82, 2.24) is 9.97 Å². The number of pyridine rings is 1. The second-order valence-electron chi connectivity index (χ2n) is 8.26. The molecule has 3 rings (SSSR count). The molecule has 1 fully saturated rings. The topological polar surface area (TPSA) is 125 Å². The van der Waals surface area contributed by atoms with Crippen LogP contribution in [-0.4, -0.2) is 48.6 Å². The third kappa shape index (κ3) is 3.69. The number of aryl methyl sites for hydroxylation is 1. The first-order chi connectivity index (χ1) is 12.9. The minimum Gasteiger partial charge on any atom is -0.390 e. The summed E-state index contributed by atoms with van der Waals surface area (Å²) in [5.41, 5.74) is 6.65. The number of fused-ring (bicyclic) bond motifs is 1. The van der Waals surface area contributed by atoms with E-state index in [4.69, 9.17) is 5.73 Å². The summed E-state index contributed by atoms with van der Waals surface area (Å²) in [6.45, 7) is 8.96. The number of nitrogens with zero attached hydrogens (tertiary/aromatic N) is 3. The molecule has 5 N–H and O–H groups in total. The molecule has 0 amide bonds. The van der Waals surface area contributed by atoms with Gasteiger partial charge in [-0.05, 0) is 53.5 Å². The maximum atomic E-state index is 10.9. The SMILES string of the molecule is CC(C)=C(/C(N)=N/[C@@]1(O)CC[C@H](C(C)(C)O)[C@H]1O)c1nc2c(C)nccc2s1. The van der Waals surface area contributed by atoms with E-state index in [2.05, 4.69) is 15.0 Å². The maximum Gasteiger partial charge on any atom is 0.184 e. The normalized spacial score (nSPS) is 26.1. The van der Waals surface area contributed by atoms with Crippen LogP contribution in [0.2, 0.25) is 0 Å². The molecule has 0 aliphatic heterocycles. The molecule has 1 aliphatic rings. The van der Waals surface area contributed by atoms with Crippen LogP contribution in [0.5, 0.6) is 0 Å². The second-order valence-corrected chi connectivity index (χ2v) is 9.29. The number of thiazole rings is 1. The van der Waals surface area contributed by atoms with E-state index >= 15 is 0 Å². The number of aliphatic hydroxyl groups is 3. The van der Waals surface area contributed by atoms with E-state index in [1.807, 2.05) is 26.8 Å². The molecule has 0 saturated heterocycles. The highest BCUT2D eigenvalue weighted by Crippen LogP contribution is 2.42. The largest absolute Gasteiger partial charge is 0.390 e. The van der Waals surface area contributed by atoms with Crippen molar-refractivity contribution >= 4 is 33.0 Å². The zero-order valence-corrected chi connectivity index (χ0v) is 17.7. The van der Waals surface area contributed by atoms with Crippen LogP contribution in [0.1, 0.15) is 51.2 Å². The third-order valence-electron chi connectivity index (χ3n) is 5.36. The molecule has 152 valence electrons. The molecule has 0 bridgehead atoms. The minimum absolute atomic E-state index is 0.127. The highest BCUT2D eigenvalue weighted by Gasteiger charge is 2.51. The summed E-state index contributed by atoms with van der Waals surface area (Å²) in [5, 5.41) is 32.5. The Kier molecular flexibility index (Phi) is 5.35. The van der Waals surface area contributed by atoms with E-state index in [0.29, 0.717) is 17.0 Å². The third-order valence-corrected chi connectivity index (χ3v) is 6.40. The summed E-state index contributed by atoms with van der Waals surface area (Å²) < 4.78 is 0.996. The van der Waals surface area contributed by atoms with Crippen molar-refractivity contribution in [3.05, 3.63) is 28.5 Å². The van der Waals surface area contributed by atoms with E-state index in [1.165, 1.54) is 11.3 Å². The van der Waals surface area contributed by atoms with Gasteiger partial charge in [-0.25, -0.2) is 9.98 Å². The average Bonchev–Trinajstić information content (AvgIpc) is 3.09. The van der Waals surface area contributed by atoms with Crippen LogP contribution < -0.4 is 5.73 Å². The van der Waals surface area contributed by atoms with E-state index < -0.39 is 23.3 Å². The van der Waals surface area contributed by atoms with Gasteiger partial charge >= 0.3 is 0 Å². The van der Waals surface area contributed by atoms with Crippen LogP contribution in [0.3, 0.4) is 0 Å². The summed E-state index contributed by atoms with van der Waals surface area (Å²) in [4.78, 5) is 13.3. The van der Waals surface area contributed by atoms with Gasteiger partial charge in [-0.15, -0.1) is 11.3 Å². The Balaban J connectivity index is 2.01. The molecular weight excluding hydrogens is 376 g/mol. The summed E-state index contributed by atoms with van der Waals surface area (Å²) in [6, 6.07) is 1.90. The standard InChI is InChI=1S/C20H28N4O3S/c1-10(2)14(18-23-15-11(3)22-9-7-13(15)28-18)17(21)24-20(27)8-6-12(16(20)25)19(4,5)26/h7,9,12,16,25-27H,6,8H2,1-5H3,(H2,21,24)/t12-,16+,20+/m0/s1. The van der Waals surface area contributed by atoms with Gasteiger partial charge in [-0.2, -0.15) is 0 Å². The highest BCUT2D eigenvalue weighted by molar-refractivity contribution is 7.19. The van der Waals surface area contributed by atoms with Crippen molar-refractivity contribution < 1.29 is 15.3 Å². The van der Waals surface area contributed by atoms with Gasteiger partial charge in [0.05, 0.1) is 21.6 Å². The first-order valence-corrected chi connectivity index (χ1v) is 10.1. The number of hydrogen-bond acceptors (Lipinski definition) is 7. The fourth-order valence-electron chi connectivity index (χ4n) is 3.79. The molecule has 1 saturated carbocycles. The van der Waals surface area contributed by atoms with Gasteiger partial charge in [0.15, 0.2) is 5.72 Å². The van der Waals surface area contributed by atoms with E-state index in [0.717, 1.165) is 21.5 Å². The summed E-state index contributed by atoms with van der Waals surface area (Å²) in [7, 11) is 0. The fourth-order valence-corrected chi connectivity index (χ4v) is 4.97. The van der Waals surface area contributed by atoms with Crippen LogP contribution in [0.4, 0.5) is 0 Å². The number of nitrogens with two attached hydrogens (primary N) is 1. The first-order valence-electron chi connectivity index (χ1n) is 9.32. The van der Waals surface area contributed by atoms with Gasteiger partial charge in [-0.1, -0.05) is 5.57 Å². The zero-order valence-electron chi connectivity index (χ0n) is 16.9. The van der Waals surface area contributed by atoms with Crippen LogP contribution in [-0.2, 0) is 0 Å². The second kappa shape index (κ2) is 7.18. The Morgan fingerprint density at radius 2 is 2.07 bits per heavy atom. The summed E-state index contributed by atoms with van der Waals surface area (Å²) in [5.74, 6) is -0.358. The Bertz CT molecular complexity index is 956. The monoisotopic (exact) mass is 404 g/mol. The van der Waals surface area contributed by atoms with Gasteiger partial charge in [0.25, 0.3) is 0 Å². The molecule has 8 heteroatoms. The van der Waals surface area contributed by atoms with Crippen LogP contribution in [0, 0.1) is 12.8 Å². The maximum absolute atomic E-state index is 10.9. The van der Waals surface area contributed by atoms with Crippen LogP contribution in [0.25, 0.3) is 15.8 Å². The van der Waals surface area contributed by atoms with E-state index in [9.17, 15) is 15.3 Å². The quantitative estimate of drug-likeness (QED) is 0.458. The Hall–Kier alpha value is -1.87. The van der Waals surface area contributed by atoms with Crippen LogP contribution in [0.15, 0.2) is 22.8 Å². The van der Waals surface area contributed by atoms with Crippen molar-refractivity contribution in [2.75, 3.05) is 0 Å². The number of aliphatic imine (C=N–C) groups is 1. The Morgan fingerprint density at radius 3 is 2.61 bits per heavy atom. The smallest absolute Gasteiger partial charge is 0.184 e. The number of aromatic nitrogens is 2. The lowest BCUT2D eigenvalue weighted by Gasteiger charge is -2.31. The van der Waals surface area contributed by atoms with Gasteiger partial charge < -0.3 is 21.1 Å². The summed E-state index contributed by atoms with van der Waals surface area (Å²) in [6.07, 6.45) is 1.22.